The fourth-order valence-electron chi connectivity index (χ4n) is 2.57. The molecule has 0 saturated carbocycles. The molecule has 1 aromatic carbocycles. The van der Waals surface area contributed by atoms with E-state index in [0.29, 0.717) is 17.8 Å². The first-order chi connectivity index (χ1) is 9.58. The highest BCUT2D eigenvalue weighted by atomic mass is 16.3. The predicted molar refractivity (Wildman–Crippen MR) is 74.1 cm³/mol. The Labute approximate surface area is 116 Å². The summed E-state index contributed by atoms with van der Waals surface area (Å²) in [5.74, 6) is -0.382. The van der Waals surface area contributed by atoms with Crippen molar-refractivity contribution in [3.63, 3.8) is 0 Å². The van der Waals surface area contributed by atoms with Gasteiger partial charge in [0.2, 0.25) is 0 Å². The van der Waals surface area contributed by atoms with Gasteiger partial charge in [-0.25, -0.2) is 0 Å². The zero-order valence-corrected chi connectivity index (χ0v) is 11.1. The molecule has 3 rings (SSSR count). The van der Waals surface area contributed by atoms with E-state index in [2.05, 4.69) is 15.5 Å². The van der Waals surface area contributed by atoms with E-state index < -0.39 is 12.1 Å². The van der Waals surface area contributed by atoms with E-state index in [0.717, 1.165) is 11.1 Å². The maximum Gasteiger partial charge on any atom is 0.274 e. The number of nitrogens with zero attached hydrogens (tertiary/aromatic N) is 1. The Morgan fingerprint density at radius 3 is 2.95 bits per heavy atom. The minimum atomic E-state index is -0.627. The molecular formula is C14H16N4O2. The number of benzene rings is 1. The fraction of sp³-hybridized carbons (Fsp3) is 0.286. The summed E-state index contributed by atoms with van der Waals surface area (Å²) in [4.78, 5) is 12.2. The molecule has 0 spiro atoms. The first-order valence-electron chi connectivity index (χ1n) is 6.45. The molecule has 1 aliphatic carbocycles. The van der Waals surface area contributed by atoms with E-state index in [9.17, 15) is 9.90 Å². The molecule has 1 amide bonds. The van der Waals surface area contributed by atoms with Gasteiger partial charge in [-0.05, 0) is 18.1 Å². The molecule has 2 atom stereocenters. The van der Waals surface area contributed by atoms with Gasteiger partial charge < -0.3 is 16.2 Å². The standard InChI is InChI=1S/C14H16N4O2/c1-7-11(15)13(18-17-7)14(20)16-12-9-5-3-2-4-8(9)6-10(12)19/h2-5,10,12,19H,6,15H2,1H3,(H,16,20)(H,17,18)/t10-,12+/m1/s1. The number of nitrogens with one attached hydrogen (secondary N) is 2. The molecule has 1 aliphatic rings. The molecule has 0 fully saturated rings. The van der Waals surface area contributed by atoms with Crippen molar-refractivity contribution < 1.29 is 9.90 Å². The Bertz CT molecular complexity index is 665. The molecule has 20 heavy (non-hydrogen) atoms. The van der Waals surface area contributed by atoms with Gasteiger partial charge in [0.15, 0.2) is 5.69 Å². The monoisotopic (exact) mass is 272 g/mol. The van der Waals surface area contributed by atoms with Crippen molar-refractivity contribution in [2.75, 3.05) is 5.73 Å². The van der Waals surface area contributed by atoms with Crippen molar-refractivity contribution in [2.24, 2.45) is 0 Å². The lowest BCUT2D eigenvalue weighted by Crippen LogP contribution is -2.34. The van der Waals surface area contributed by atoms with Crippen molar-refractivity contribution in [2.45, 2.75) is 25.5 Å². The lowest BCUT2D eigenvalue weighted by Gasteiger charge is -2.17. The number of nitrogen functional groups attached to an aromatic ring is 1. The van der Waals surface area contributed by atoms with Crippen LogP contribution in [0.3, 0.4) is 0 Å². The van der Waals surface area contributed by atoms with E-state index in [4.69, 9.17) is 5.73 Å². The molecule has 6 nitrogen and oxygen atoms in total. The summed E-state index contributed by atoms with van der Waals surface area (Å²) in [6.07, 6.45) is -0.0893. The van der Waals surface area contributed by atoms with E-state index in [1.165, 1.54) is 0 Å². The molecule has 2 aromatic rings. The molecule has 0 unspecified atom stereocenters. The summed E-state index contributed by atoms with van der Waals surface area (Å²) < 4.78 is 0. The highest BCUT2D eigenvalue weighted by Gasteiger charge is 2.32. The number of anilines is 1. The normalized spacial score (nSPS) is 20.7. The van der Waals surface area contributed by atoms with Crippen molar-refractivity contribution in [3.8, 4) is 0 Å². The summed E-state index contributed by atoms with van der Waals surface area (Å²) >= 11 is 0. The predicted octanol–water partition coefficient (Wildman–Crippen LogP) is 0.688. The Morgan fingerprint density at radius 1 is 1.50 bits per heavy atom. The van der Waals surface area contributed by atoms with Gasteiger partial charge in [0.1, 0.15) is 0 Å². The van der Waals surface area contributed by atoms with Crippen LogP contribution in [0.4, 0.5) is 5.69 Å². The largest absolute Gasteiger partial charge is 0.395 e. The van der Waals surface area contributed by atoms with E-state index in [-0.39, 0.29) is 11.6 Å². The summed E-state index contributed by atoms with van der Waals surface area (Å²) in [6, 6.07) is 7.26. The Kier molecular flexibility index (Phi) is 2.94. The van der Waals surface area contributed by atoms with Crippen LogP contribution in [-0.2, 0) is 6.42 Å². The molecule has 1 aromatic heterocycles. The highest BCUT2D eigenvalue weighted by Crippen LogP contribution is 2.31. The summed E-state index contributed by atoms with van der Waals surface area (Å²) in [6.45, 7) is 1.75. The number of carbonyl (C=O) groups excluding carboxylic acids is 1. The maximum absolute atomic E-state index is 12.2. The minimum Gasteiger partial charge on any atom is -0.395 e. The lowest BCUT2D eigenvalue weighted by molar-refractivity contribution is 0.0854. The second kappa shape index (κ2) is 4.64. The zero-order chi connectivity index (χ0) is 14.3. The number of amides is 1. The third-order valence-electron chi connectivity index (χ3n) is 3.70. The number of H-pyrrole nitrogens is 1. The van der Waals surface area contributed by atoms with Gasteiger partial charge in [0.05, 0.1) is 23.5 Å². The molecule has 0 radical (unpaired) electrons. The topological polar surface area (TPSA) is 104 Å². The smallest absolute Gasteiger partial charge is 0.274 e. The van der Waals surface area contributed by atoms with E-state index in [1.807, 2.05) is 24.3 Å². The van der Waals surface area contributed by atoms with Crippen molar-refractivity contribution in [1.82, 2.24) is 15.5 Å². The van der Waals surface area contributed by atoms with Crippen molar-refractivity contribution in [3.05, 3.63) is 46.8 Å². The quantitative estimate of drug-likeness (QED) is 0.645. The van der Waals surface area contributed by atoms with Crippen LogP contribution in [0.1, 0.15) is 33.4 Å². The number of aromatic nitrogens is 2. The minimum absolute atomic E-state index is 0.166. The summed E-state index contributed by atoms with van der Waals surface area (Å²) in [5.41, 5.74) is 8.94. The van der Waals surface area contributed by atoms with Gasteiger partial charge in [0.25, 0.3) is 5.91 Å². The van der Waals surface area contributed by atoms with Crippen LogP contribution in [0.15, 0.2) is 24.3 Å². The highest BCUT2D eigenvalue weighted by molar-refractivity contribution is 5.97. The first-order valence-corrected chi connectivity index (χ1v) is 6.45. The number of hydrogen-bond donors (Lipinski definition) is 4. The molecule has 5 N–H and O–H groups in total. The van der Waals surface area contributed by atoms with Gasteiger partial charge >= 0.3 is 0 Å². The van der Waals surface area contributed by atoms with Crippen LogP contribution < -0.4 is 11.1 Å². The molecular weight excluding hydrogens is 256 g/mol. The average molecular weight is 272 g/mol. The van der Waals surface area contributed by atoms with Crippen molar-refractivity contribution in [1.29, 1.82) is 0 Å². The Hall–Kier alpha value is -2.34. The fourth-order valence-corrected chi connectivity index (χ4v) is 2.57. The number of carbonyl (C=O) groups is 1. The number of nitrogens with two attached hydrogens (primary N) is 1. The third kappa shape index (κ3) is 1.94. The van der Waals surface area contributed by atoms with Crippen LogP contribution in [0, 0.1) is 6.92 Å². The summed E-state index contributed by atoms with van der Waals surface area (Å²) in [5, 5.41) is 19.5. The van der Waals surface area contributed by atoms with Crippen molar-refractivity contribution >= 4 is 11.6 Å². The van der Waals surface area contributed by atoms with Gasteiger partial charge in [-0.3, -0.25) is 9.89 Å². The van der Waals surface area contributed by atoms with Crippen LogP contribution in [0.2, 0.25) is 0 Å². The van der Waals surface area contributed by atoms with Gasteiger partial charge in [-0.15, -0.1) is 0 Å². The number of aromatic amines is 1. The van der Waals surface area contributed by atoms with Gasteiger partial charge in [-0.1, -0.05) is 24.3 Å². The van der Waals surface area contributed by atoms with E-state index >= 15 is 0 Å². The Balaban J connectivity index is 1.85. The van der Waals surface area contributed by atoms with Crippen LogP contribution in [-0.4, -0.2) is 27.3 Å². The average Bonchev–Trinajstić information content (AvgIpc) is 2.92. The van der Waals surface area contributed by atoms with Crippen LogP contribution >= 0.6 is 0 Å². The third-order valence-corrected chi connectivity index (χ3v) is 3.70. The molecule has 0 aliphatic heterocycles. The number of aryl methyl sites for hydroxylation is 1. The molecule has 104 valence electrons. The van der Waals surface area contributed by atoms with Crippen LogP contribution in [0.25, 0.3) is 0 Å². The van der Waals surface area contributed by atoms with E-state index in [1.54, 1.807) is 6.92 Å². The number of fused-ring (bicyclic) bond motifs is 1. The second-order valence-corrected chi connectivity index (χ2v) is 5.03. The SMILES string of the molecule is Cc1[nH]nc(C(=O)N[C@H]2c3ccccc3C[C@H]2O)c1N. The molecule has 1 heterocycles. The molecule has 6 heteroatoms. The summed E-state index contributed by atoms with van der Waals surface area (Å²) in [7, 11) is 0. The number of aliphatic hydroxyl groups is 1. The van der Waals surface area contributed by atoms with Crippen LogP contribution in [0.5, 0.6) is 0 Å². The Morgan fingerprint density at radius 2 is 2.25 bits per heavy atom. The second-order valence-electron chi connectivity index (χ2n) is 5.03. The van der Waals surface area contributed by atoms with Gasteiger partial charge in [-0.2, -0.15) is 5.10 Å². The first kappa shape index (κ1) is 12.7. The van der Waals surface area contributed by atoms with Gasteiger partial charge in [0, 0.05) is 6.42 Å². The zero-order valence-electron chi connectivity index (χ0n) is 11.1. The number of rotatable bonds is 2. The molecule has 0 saturated heterocycles. The number of hydrogen-bond acceptors (Lipinski definition) is 4. The molecule has 0 bridgehead atoms. The number of aliphatic hydroxyl groups excluding tert-OH is 1. The lowest BCUT2D eigenvalue weighted by atomic mass is 10.1. The maximum atomic E-state index is 12.2.